The first-order valence-electron chi connectivity index (χ1n) is 6.26. The number of hydrogen-bond donors (Lipinski definition) is 0. The van der Waals surface area contributed by atoms with Crippen LogP contribution in [0.3, 0.4) is 0 Å². The van der Waals surface area contributed by atoms with Gasteiger partial charge in [-0.1, -0.05) is 44.9 Å². The monoisotopic (exact) mass is 179 g/mol. The minimum absolute atomic E-state index is 0.713. The summed E-state index contributed by atoms with van der Waals surface area (Å²) in [6, 6.07) is 0. The lowest BCUT2D eigenvalue weighted by molar-refractivity contribution is 0.290. The van der Waals surface area contributed by atoms with Crippen LogP contribution < -0.4 is 0 Å². The summed E-state index contributed by atoms with van der Waals surface area (Å²) in [5.41, 5.74) is 0.713. The Labute approximate surface area is 83.1 Å². The summed E-state index contributed by atoms with van der Waals surface area (Å²) >= 11 is 0. The number of rotatable bonds is 0. The summed E-state index contributed by atoms with van der Waals surface area (Å²) in [5, 5.41) is 0. The molecule has 0 aliphatic heterocycles. The van der Waals surface area contributed by atoms with E-state index in [9.17, 15) is 0 Å². The minimum atomic E-state index is 0.713. The summed E-state index contributed by atoms with van der Waals surface area (Å²) < 4.78 is 0. The van der Waals surface area contributed by atoms with E-state index in [0.29, 0.717) is 5.41 Å². The van der Waals surface area contributed by atoms with E-state index in [1.54, 1.807) is 0 Å². The molecule has 0 aromatic rings. The van der Waals surface area contributed by atoms with Gasteiger partial charge in [0.05, 0.1) is 0 Å². The zero-order valence-electron chi connectivity index (χ0n) is 8.86. The molecule has 2 fully saturated rings. The van der Waals surface area contributed by atoms with E-state index < -0.39 is 0 Å². The van der Waals surface area contributed by atoms with Crippen LogP contribution in [0.2, 0.25) is 0 Å². The quantitative estimate of drug-likeness (QED) is 0.514. The highest BCUT2D eigenvalue weighted by molar-refractivity contribution is 4.97. The van der Waals surface area contributed by atoms with Crippen molar-refractivity contribution in [2.45, 2.75) is 70.6 Å². The van der Waals surface area contributed by atoms with Gasteiger partial charge in [-0.3, -0.25) is 0 Å². The minimum Gasteiger partial charge on any atom is -0.0533 e. The Morgan fingerprint density at radius 1 is 0.615 bits per heavy atom. The third-order valence-corrected chi connectivity index (χ3v) is 4.06. The first kappa shape index (κ1) is 9.55. The van der Waals surface area contributed by atoms with Gasteiger partial charge in [0.1, 0.15) is 0 Å². The summed E-state index contributed by atoms with van der Waals surface area (Å²) in [5.74, 6) is 0. The average Bonchev–Trinajstić information content (AvgIpc) is 2.62. The molecule has 2 aliphatic rings. The largest absolute Gasteiger partial charge is 0.0533 e. The Balaban J connectivity index is 1.90. The molecule has 13 heavy (non-hydrogen) atoms. The topological polar surface area (TPSA) is 0 Å². The van der Waals surface area contributed by atoms with E-state index in [2.05, 4.69) is 6.42 Å². The molecule has 0 amide bonds. The molecule has 0 nitrogen and oxygen atoms in total. The fourth-order valence-electron chi connectivity index (χ4n) is 3.20. The van der Waals surface area contributed by atoms with Crippen molar-refractivity contribution in [3.63, 3.8) is 0 Å². The van der Waals surface area contributed by atoms with Gasteiger partial charge in [0.2, 0.25) is 0 Å². The highest BCUT2D eigenvalue weighted by Gasteiger charge is 2.32. The Kier molecular flexibility index (Phi) is 3.29. The van der Waals surface area contributed by atoms with Crippen molar-refractivity contribution in [1.82, 2.24) is 0 Å². The normalized spacial score (nSPS) is 29.5. The van der Waals surface area contributed by atoms with Crippen molar-refractivity contribution >= 4 is 0 Å². The Bertz CT molecular complexity index is 130. The predicted molar refractivity (Wildman–Crippen MR) is 57.5 cm³/mol. The molecule has 2 saturated carbocycles. The Hall–Kier alpha value is 0. The molecule has 2 rings (SSSR count). The summed E-state index contributed by atoms with van der Waals surface area (Å²) in [6.45, 7) is 0. The highest BCUT2D eigenvalue weighted by Crippen LogP contribution is 2.46. The molecule has 0 N–H and O–H groups in total. The summed E-state index contributed by atoms with van der Waals surface area (Å²) in [6.07, 6.45) is 19.0. The van der Waals surface area contributed by atoms with Gasteiger partial charge in [0.15, 0.2) is 0 Å². The Morgan fingerprint density at radius 2 is 1.15 bits per heavy atom. The van der Waals surface area contributed by atoms with E-state index >= 15 is 0 Å². The van der Waals surface area contributed by atoms with Crippen LogP contribution in [0.15, 0.2) is 0 Å². The third kappa shape index (κ3) is 2.48. The second-order valence-electron chi connectivity index (χ2n) is 5.08. The maximum atomic E-state index is 2.66. The van der Waals surface area contributed by atoms with Crippen LogP contribution in [0, 0.1) is 11.8 Å². The van der Waals surface area contributed by atoms with Gasteiger partial charge in [-0.15, -0.1) is 0 Å². The first-order valence-corrected chi connectivity index (χ1v) is 6.26. The fourth-order valence-corrected chi connectivity index (χ4v) is 3.20. The summed E-state index contributed by atoms with van der Waals surface area (Å²) in [7, 11) is 0. The van der Waals surface area contributed by atoms with Crippen LogP contribution in [0.1, 0.15) is 70.6 Å². The van der Waals surface area contributed by atoms with Crippen molar-refractivity contribution in [1.29, 1.82) is 0 Å². The van der Waals surface area contributed by atoms with Crippen molar-refractivity contribution in [3.05, 3.63) is 6.42 Å². The zero-order valence-corrected chi connectivity index (χ0v) is 8.86. The van der Waals surface area contributed by atoms with Gasteiger partial charge >= 0.3 is 0 Å². The number of hydrogen-bond acceptors (Lipinski definition) is 0. The molecule has 0 heterocycles. The molecule has 0 saturated heterocycles. The molecule has 0 aromatic heterocycles. The lowest BCUT2D eigenvalue weighted by atomic mass is 9.77. The fraction of sp³-hybridized carbons (Fsp3) is 0.923. The van der Waals surface area contributed by atoms with E-state index in [1.807, 2.05) is 0 Å². The highest BCUT2D eigenvalue weighted by atomic mass is 14.4. The van der Waals surface area contributed by atoms with Crippen LogP contribution in [-0.2, 0) is 0 Å². The molecule has 0 atom stereocenters. The van der Waals surface area contributed by atoms with Crippen molar-refractivity contribution in [2.24, 2.45) is 5.41 Å². The summed E-state index contributed by atoms with van der Waals surface area (Å²) in [4.78, 5) is 0. The van der Waals surface area contributed by atoms with E-state index in [1.165, 1.54) is 70.6 Å². The van der Waals surface area contributed by atoms with Gasteiger partial charge in [0, 0.05) is 0 Å². The molecule has 2 aliphatic carbocycles. The molecular weight excluding hydrogens is 156 g/mol. The molecule has 0 heteroatoms. The maximum absolute atomic E-state index is 2.66. The van der Waals surface area contributed by atoms with Gasteiger partial charge in [0.25, 0.3) is 0 Å². The zero-order chi connectivity index (χ0) is 8.99. The lowest BCUT2D eigenvalue weighted by Crippen LogP contribution is -2.16. The Morgan fingerprint density at radius 3 is 1.69 bits per heavy atom. The van der Waals surface area contributed by atoms with Gasteiger partial charge in [-0.2, -0.15) is 0 Å². The van der Waals surface area contributed by atoms with Gasteiger partial charge in [-0.05, 0) is 37.5 Å². The second-order valence-corrected chi connectivity index (χ2v) is 5.08. The first-order chi connectivity index (χ1) is 6.41. The predicted octanol–water partition coefficient (Wildman–Crippen LogP) is 4.50. The third-order valence-electron chi connectivity index (χ3n) is 4.06. The van der Waals surface area contributed by atoms with E-state index in [-0.39, 0.29) is 0 Å². The smallest absolute Gasteiger partial charge is 0.0266 e. The molecule has 0 unspecified atom stereocenters. The SMILES string of the molecule is [CH]1CCCC12CCCCCCCC2. The van der Waals surface area contributed by atoms with Gasteiger partial charge < -0.3 is 0 Å². The molecule has 1 radical (unpaired) electrons. The van der Waals surface area contributed by atoms with Crippen LogP contribution in [0.25, 0.3) is 0 Å². The van der Waals surface area contributed by atoms with E-state index in [0.717, 1.165) is 0 Å². The molecule has 0 bridgehead atoms. The molecule has 75 valence electrons. The molecular formula is C13H23. The van der Waals surface area contributed by atoms with Crippen LogP contribution >= 0.6 is 0 Å². The van der Waals surface area contributed by atoms with Crippen LogP contribution in [0.4, 0.5) is 0 Å². The average molecular weight is 179 g/mol. The van der Waals surface area contributed by atoms with Crippen LogP contribution in [0.5, 0.6) is 0 Å². The molecule has 1 spiro atoms. The van der Waals surface area contributed by atoms with Gasteiger partial charge in [-0.25, -0.2) is 0 Å². The van der Waals surface area contributed by atoms with Crippen LogP contribution in [-0.4, -0.2) is 0 Å². The van der Waals surface area contributed by atoms with Crippen molar-refractivity contribution in [3.8, 4) is 0 Å². The second kappa shape index (κ2) is 4.48. The van der Waals surface area contributed by atoms with Crippen molar-refractivity contribution in [2.75, 3.05) is 0 Å². The lowest BCUT2D eigenvalue weighted by Gasteiger charge is -2.28. The maximum Gasteiger partial charge on any atom is -0.0266 e. The standard InChI is InChI=1S/C13H23/c1-2-4-6-10-13(9-5-3-1)11-7-8-12-13/h11H,1-10,12H2. The van der Waals surface area contributed by atoms with Crippen molar-refractivity contribution < 1.29 is 0 Å². The molecule has 0 aromatic carbocycles. The van der Waals surface area contributed by atoms with E-state index in [4.69, 9.17) is 0 Å².